The van der Waals surface area contributed by atoms with Crippen molar-refractivity contribution >= 4 is 15.9 Å². The smallest absolute Gasteiger partial charge is 0.266 e. The SMILES string of the molecule is Cc1ccc(S(=O)(=O)N2CCCC2=O)cc1CCOCc1ccccc1. The second-order valence-electron chi connectivity index (χ2n) is 6.45. The summed E-state index contributed by atoms with van der Waals surface area (Å²) in [7, 11) is -3.76. The fraction of sp³-hybridized carbons (Fsp3) is 0.350. The Morgan fingerprint density at radius 3 is 2.58 bits per heavy atom. The molecule has 1 fully saturated rings. The molecule has 2 aromatic carbocycles. The molecule has 0 atom stereocenters. The zero-order valence-electron chi connectivity index (χ0n) is 14.8. The van der Waals surface area contributed by atoms with Gasteiger partial charge in [0.2, 0.25) is 5.91 Å². The molecule has 0 bridgehead atoms. The van der Waals surface area contributed by atoms with Crippen molar-refractivity contribution in [3.05, 3.63) is 65.2 Å². The van der Waals surface area contributed by atoms with Crippen molar-refractivity contribution < 1.29 is 17.9 Å². The van der Waals surface area contributed by atoms with Gasteiger partial charge in [-0.1, -0.05) is 36.4 Å². The van der Waals surface area contributed by atoms with Crippen molar-refractivity contribution in [3.8, 4) is 0 Å². The van der Waals surface area contributed by atoms with Gasteiger partial charge in [0.25, 0.3) is 10.0 Å². The Balaban J connectivity index is 1.67. The number of hydrogen-bond donors (Lipinski definition) is 0. The lowest BCUT2D eigenvalue weighted by atomic mass is 10.1. The lowest BCUT2D eigenvalue weighted by Gasteiger charge is -2.17. The van der Waals surface area contributed by atoms with Gasteiger partial charge in [0.15, 0.2) is 0 Å². The maximum absolute atomic E-state index is 12.7. The van der Waals surface area contributed by atoms with E-state index in [1.165, 1.54) is 0 Å². The first-order valence-electron chi connectivity index (χ1n) is 8.75. The molecule has 26 heavy (non-hydrogen) atoms. The zero-order valence-corrected chi connectivity index (χ0v) is 15.7. The van der Waals surface area contributed by atoms with Crippen LogP contribution in [0.4, 0.5) is 0 Å². The molecule has 0 radical (unpaired) electrons. The fourth-order valence-electron chi connectivity index (χ4n) is 3.03. The third-order valence-corrected chi connectivity index (χ3v) is 6.38. The van der Waals surface area contributed by atoms with Gasteiger partial charge in [-0.15, -0.1) is 0 Å². The standard InChI is InChI=1S/C20H23NO4S/c1-16-9-10-19(26(23,24)21-12-5-8-20(21)22)14-18(16)11-13-25-15-17-6-3-2-4-7-17/h2-4,6-7,9-10,14H,5,8,11-13,15H2,1H3. The maximum Gasteiger partial charge on any atom is 0.266 e. The van der Waals surface area contributed by atoms with Gasteiger partial charge in [0.05, 0.1) is 18.1 Å². The topological polar surface area (TPSA) is 63.7 Å². The number of nitrogens with zero attached hydrogens (tertiary/aromatic N) is 1. The summed E-state index contributed by atoms with van der Waals surface area (Å²) < 4.78 is 32.1. The first kappa shape index (κ1) is 18.6. The number of hydrogen-bond acceptors (Lipinski definition) is 4. The molecule has 138 valence electrons. The molecule has 0 spiro atoms. The molecule has 1 saturated heterocycles. The highest BCUT2D eigenvalue weighted by Gasteiger charge is 2.32. The van der Waals surface area contributed by atoms with Gasteiger partial charge in [0, 0.05) is 13.0 Å². The maximum atomic E-state index is 12.7. The molecule has 1 amide bonds. The van der Waals surface area contributed by atoms with E-state index in [9.17, 15) is 13.2 Å². The van der Waals surface area contributed by atoms with Gasteiger partial charge in [0.1, 0.15) is 0 Å². The first-order valence-corrected chi connectivity index (χ1v) is 10.2. The summed E-state index contributed by atoms with van der Waals surface area (Å²) in [5.74, 6) is -0.321. The summed E-state index contributed by atoms with van der Waals surface area (Å²) >= 11 is 0. The van der Waals surface area contributed by atoms with Crippen LogP contribution in [0.5, 0.6) is 0 Å². The Labute approximate surface area is 154 Å². The van der Waals surface area contributed by atoms with Crippen molar-refractivity contribution in [3.63, 3.8) is 0 Å². The van der Waals surface area contributed by atoms with Crippen molar-refractivity contribution in [2.75, 3.05) is 13.2 Å². The van der Waals surface area contributed by atoms with E-state index in [-0.39, 0.29) is 17.3 Å². The van der Waals surface area contributed by atoms with Gasteiger partial charge in [-0.25, -0.2) is 12.7 Å². The fourth-order valence-corrected chi connectivity index (χ4v) is 4.54. The number of carbonyl (C=O) groups is 1. The Morgan fingerprint density at radius 2 is 1.88 bits per heavy atom. The summed E-state index contributed by atoms with van der Waals surface area (Å²) in [5, 5.41) is 0. The van der Waals surface area contributed by atoms with Gasteiger partial charge < -0.3 is 4.74 Å². The summed E-state index contributed by atoms with van der Waals surface area (Å²) in [6.45, 7) is 3.25. The summed E-state index contributed by atoms with van der Waals surface area (Å²) in [5.41, 5.74) is 3.04. The summed E-state index contributed by atoms with van der Waals surface area (Å²) in [4.78, 5) is 12.0. The number of ether oxygens (including phenoxy) is 1. The normalized spacial score (nSPS) is 14.8. The lowest BCUT2D eigenvalue weighted by Crippen LogP contribution is -2.32. The first-order chi connectivity index (χ1) is 12.5. The van der Waals surface area contributed by atoms with Crippen LogP contribution in [0, 0.1) is 6.92 Å². The van der Waals surface area contributed by atoms with E-state index in [4.69, 9.17) is 4.74 Å². The van der Waals surface area contributed by atoms with E-state index in [0.29, 0.717) is 32.5 Å². The van der Waals surface area contributed by atoms with Crippen LogP contribution in [0.3, 0.4) is 0 Å². The van der Waals surface area contributed by atoms with Crippen LogP contribution in [-0.2, 0) is 32.6 Å². The van der Waals surface area contributed by atoms with Crippen LogP contribution in [0.25, 0.3) is 0 Å². The Kier molecular flexibility index (Phi) is 5.74. The molecule has 6 heteroatoms. The number of rotatable bonds is 7. The molecule has 1 aliphatic rings. The van der Waals surface area contributed by atoms with Gasteiger partial charge >= 0.3 is 0 Å². The molecule has 0 N–H and O–H groups in total. The average molecular weight is 373 g/mol. The summed E-state index contributed by atoms with van der Waals surface area (Å²) in [6.07, 6.45) is 1.51. The number of benzene rings is 2. The molecule has 0 unspecified atom stereocenters. The van der Waals surface area contributed by atoms with E-state index in [0.717, 1.165) is 21.0 Å². The van der Waals surface area contributed by atoms with Gasteiger partial charge in [-0.05, 0) is 48.6 Å². The van der Waals surface area contributed by atoms with Crippen molar-refractivity contribution in [1.29, 1.82) is 0 Å². The molecule has 0 aliphatic carbocycles. The van der Waals surface area contributed by atoms with Crippen molar-refractivity contribution in [2.24, 2.45) is 0 Å². The third kappa shape index (κ3) is 4.14. The highest BCUT2D eigenvalue weighted by atomic mass is 32.2. The van der Waals surface area contributed by atoms with Crippen molar-refractivity contribution in [2.45, 2.75) is 37.7 Å². The Bertz CT molecular complexity index is 878. The zero-order chi connectivity index (χ0) is 18.6. The number of amides is 1. The lowest BCUT2D eigenvalue weighted by molar-refractivity contribution is -0.123. The Morgan fingerprint density at radius 1 is 1.12 bits per heavy atom. The van der Waals surface area contributed by atoms with Crippen LogP contribution >= 0.6 is 0 Å². The minimum atomic E-state index is -3.76. The number of sulfonamides is 1. The number of carbonyl (C=O) groups excluding carboxylic acids is 1. The predicted molar refractivity (Wildman–Crippen MR) is 99.1 cm³/mol. The van der Waals surface area contributed by atoms with Crippen LogP contribution in [0.2, 0.25) is 0 Å². The minimum Gasteiger partial charge on any atom is -0.376 e. The molecule has 2 aromatic rings. The van der Waals surface area contributed by atoms with Gasteiger partial charge in [-0.2, -0.15) is 0 Å². The highest BCUT2D eigenvalue weighted by Crippen LogP contribution is 2.24. The van der Waals surface area contributed by atoms with Crippen LogP contribution in [0.15, 0.2) is 53.4 Å². The second kappa shape index (κ2) is 8.01. The van der Waals surface area contributed by atoms with Crippen LogP contribution in [-0.4, -0.2) is 31.8 Å². The molecule has 3 rings (SSSR count). The van der Waals surface area contributed by atoms with Crippen molar-refractivity contribution in [1.82, 2.24) is 4.31 Å². The van der Waals surface area contributed by atoms with Crippen LogP contribution < -0.4 is 0 Å². The van der Waals surface area contributed by atoms with E-state index < -0.39 is 10.0 Å². The number of aryl methyl sites for hydroxylation is 1. The molecule has 5 nitrogen and oxygen atoms in total. The van der Waals surface area contributed by atoms with E-state index in [1.807, 2.05) is 37.3 Å². The quantitative estimate of drug-likeness (QED) is 0.700. The molecule has 0 saturated carbocycles. The van der Waals surface area contributed by atoms with E-state index in [2.05, 4.69) is 0 Å². The highest BCUT2D eigenvalue weighted by molar-refractivity contribution is 7.89. The molecule has 1 heterocycles. The van der Waals surface area contributed by atoms with E-state index >= 15 is 0 Å². The Hall–Kier alpha value is -2.18. The molecular weight excluding hydrogens is 350 g/mol. The van der Waals surface area contributed by atoms with E-state index in [1.54, 1.807) is 18.2 Å². The molecular formula is C20H23NO4S. The summed E-state index contributed by atoms with van der Waals surface area (Å²) in [6, 6.07) is 14.9. The monoisotopic (exact) mass is 373 g/mol. The minimum absolute atomic E-state index is 0.177. The third-order valence-electron chi connectivity index (χ3n) is 4.57. The van der Waals surface area contributed by atoms with Crippen LogP contribution in [0.1, 0.15) is 29.5 Å². The molecule has 0 aromatic heterocycles. The molecule has 1 aliphatic heterocycles. The largest absolute Gasteiger partial charge is 0.376 e. The average Bonchev–Trinajstić information content (AvgIpc) is 3.07. The van der Waals surface area contributed by atoms with Gasteiger partial charge in [-0.3, -0.25) is 4.79 Å². The second-order valence-corrected chi connectivity index (χ2v) is 8.31. The predicted octanol–water partition coefficient (Wildman–Crippen LogP) is 3.07.